The molecule has 1 heterocycles. The average molecular weight is 546 g/mol. The van der Waals surface area contributed by atoms with Crippen molar-refractivity contribution >= 4 is 44.7 Å². The lowest BCUT2D eigenvalue weighted by Gasteiger charge is -2.12. The molecule has 1 aromatic heterocycles. The van der Waals surface area contributed by atoms with Crippen molar-refractivity contribution in [1.82, 2.24) is 9.29 Å². The molecular weight excluding hydrogens is 525 g/mol. The molecule has 0 fully saturated rings. The average Bonchev–Trinajstić information content (AvgIpc) is 3.18. The molecule has 0 radical (unpaired) electrons. The number of rotatable bonds is 6. The van der Waals surface area contributed by atoms with Crippen LogP contribution in [0.15, 0.2) is 65.7 Å². The molecule has 5 nitrogen and oxygen atoms in total. The van der Waals surface area contributed by atoms with Gasteiger partial charge in [-0.05, 0) is 61.5 Å². The summed E-state index contributed by atoms with van der Waals surface area (Å²) in [5.41, 5.74) is -0.121. The third-order valence-electron chi connectivity index (χ3n) is 5.49. The molecule has 0 amide bonds. The highest BCUT2D eigenvalue weighted by Crippen LogP contribution is 2.33. The highest BCUT2D eigenvalue weighted by molar-refractivity contribution is 7.90. The highest BCUT2D eigenvalue weighted by atomic mass is 35.5. The van der Waals surface area contributed by atoms with Crippen molar-refractivity contribution < 1.29 is 30.4 Å². The summed E-state index contributed by atoms with van der Waals surface area (Å²) in [5.74, 6) is -2.10. The van der Waals surface area contributed by atoms with Crippen LogP contribution in [0.3, 0.4) is 0 Å². The van der Waals surface area contributed by atoms with Crippen molar-refractivity contribution in [2.45, 2.75) is 24.5 Å². The van der Waals surface area contributed by atoms with Crippen LogP contribution in [0.2, 0.25) is 0 Å². The zero-order valence-corrected chi connectivity index (χ0v) is 20.6. The van der Waals surface area contributed by atoms with Crippen LogP contribution in [0.5, 0.6) is 0 Å². The van der Waals surface area contributed by atoms with E-state index in [1.165, 1.54) is 31.3 Å². The second kappa shape index (κ2) is 10.1. The fourth-order valence-corrected chi connectivity index (χ4v) is 5.15. The molecule has 0 atom stereocenters. The van der Waals surface area contributed by atoms with Crippen molar-refractivity contribution in [3.05, 3.63) is 89.1 Å². The van der Waals surface area contributed by atoms with Gasteiger partial charge in [-0.15, -0.1) is 12.4 Å². The third-order valence-corrected chi connectivity index (χ3v) is 7.16. The fourth-order valence-electron chi connectivity index (χ4n) is 3.72. The molecule has 0 aliphatic carbocycles. The molecule has 0 bridgehead atoms. The smallest absolute Gasteiger partial charge is 0.353 e. The van der Waals surface area contributed by atoms with Gasteiger partial charge in [0.25, 0.3) is 10.0 Å². The Hall–Kier alpha value is -3.15. The monoisotopic (exact) mass is 545 g/mol. The predicted molar refractivity (Wildman–Crippen MR) is 130 cm³/mol. The molecular formula is C24H21ClF5N3O2S. The summed E-state index contributed by atoms with van der Waals surface area (Å²) < 4.78 is 95.6. The van der Waals surface area contributed by atoms with Crippen LogP contribution in [-0.2, 0) is 22.7 Å². The van der Waals surface area contributed by atoms with E-state index in [1.807, 2.05) is 0 Å². The Labute approximate surface area is 210 Å². The van der Waals surface area contributed by atoms with Crippen molar-refractivity contribution in [2.75, 3.05) is 12.4 Å². The van der Waals surface area contributed by atoms with Gasteiger partial charge in [0, 0.05) is 23.8 Å². The van der Waals surface area contributed by atoms with Gasteiger partial charge in [0.1, 0.15) is 0 Å². The van der Waals surface area contributed by atoms with E-state index < -0.39 is 38.3 Å². The molecule has 4 aromatic rings. The highest BCUT2D eigenvalue weighted by Gasteiger charge is 2.32. The zero-order chi connectivity index (χ0) is 25.5. The van der Waals surface area contributed by atoms with Crippen LogP contribution in [0, 0.1) is 18.6 Å². The largest absolute Gasteiger partial charge is 0.416 e. The summed E-state index contributed by atoms with van der Waals surface area (Å²) >= 11 is 0. The number of anilines is 2. The minimum Gasteiger partial charge on any atom is -0.353 e. The molecule has 0 aliphatic heterocycles. The van der Waals surface area contributed by atoms with E-state index in [-0.39, 0.29) is 41.4 Å². The Kier molecular flexibility index (Phi) is 7.68. The Balaban J connectivity index is 0.00000361. The van der Waals surface area contributed by atoms with Gasteiger partial charge in [0.15, 0.2) is 11.6 Å². The van der Waals surface area contributed by atoms with Crippen molar-refractivity contribution in [3.8, 4) is 0 Å². The van der Waals surface area contributed by atoms with Crippen molar-refractivity contribution in [2.24, 2.45) is 0 Å². The Morgan fingerprint density at radius 3 is 2.36 bits per heavy atom. The van der Waals surface area contributed by atoms with E-state index in [9.17, 15) is 30.4 Å². The molecule has 2 N–H and O–H groups in total. The lowest BCUT2D eigenvalue weighted by molar-refractivity contribution is -0.137. The summed E-state index contributed by atoms with van der Waals surface area (Å²) in [4.78, 5) is -0.537. The number of hydrogen-bond acceptors (Lipinski definition) is 4. The fraction of sp³-hybridized carbons (Fsp3) is 0.167. The lowest BCUT2D eigenvalue weighted by Crippen LogP contribution is -2.14. The lowest BCUT2D eigenvalue weighted by atomic mass is 10.1. The molecule has 0 spiro atoms. The number of aromatic nitrogens is 1. The van der Waals surface area contributed by atoms with E-state index >= 15 is 0 Å². The quantitative estimate of drug-likeness (QED) is 0.276. The summed E-state index contributed by atoms with van der Waals surface area (Å²) in [6.45, 7) is 1.70. The number of nitrogens with zero attached hydrogens (tertiary/aromatic N) is 1. The van der Waals surface area contributed by atoms with Gasteiger partial charge in [0.2, 0.25) is 0 Å². The summed E-state index contributed by atoms with van der Waals surface area (Å²) in [6.07, 6.45) is -3.39. The van der Waals surface area contributed by atoms with Gasteiger partial charge >= 0.3 is 6.18 Å². The van der Waals surface area contributed by atoms with Crippen LogP contribution in [0.1, 0.15) is 16.7 Å². The summed E-state index contributed by atoms with van der Waals surface area (Å²) in [6, 6.07) is 10.8. The Morgan fingerprint density at radius 1 is 0.972 bits per heavy atom. The van der Waals surface area contributed by atoms with Crippen molar-refractivity contribution in [3.63, 3.8) is 0 Å². The van der Waals surface area contributed by atoms with Crippen LogP contribution >= 0.6 is 12.4 Å². The molecule has 0 saturated heterocycles. The van der Waals surface area contributed by atoms with Crippen LogP contribution < -0.4 is 10.6 Å². The van der Waals surface area contributed by atoms with Gasteiger partial charge in [-0.1, -0.05) is 18.2 Å². The maximum atomic E-state index is 14.4. The number of benzene rings is 3. The zero-order valence-electron chi connectivity index (χ0n) is 19.0. The normalized spacial score (nSPS) is 12.0. The summed E-state index contributed by atoms with van der Waals surface area (Å²) in [5, 5.41) is 6.18. The molecule has 12 heteroatoms. The maximum absolute atomic E-state index is 14.4. The van der Waals surface area contributed by atoms with E-state index in [0.29, 0.717) is 17.0 Å². The van der Waals surface area contributed by atoms with E-state index in [4.69, 9.17) is 0 Å². The number of fused-ring (bicyclic) bond motifs is 1. The number of hydrogen-bond donors (Lipinski definition) is 2. The van der Waals surface area contributed by atoms with Gasteiger partial charge in [-0.2, -0.15) is 13.2 Å². The SMILES string of the molecule is CNCc1cn(S(=O)(=O)c2cccc(C(F)(F)F)c2)c2cc(Nc3ccc(C)c(F)c3F)ccc12.Cl. The Morgan fingerprint density at radius 2 is 1.69 bits per heavy atom. The topological polar surface area (TPSA) is 63.1 Å². The first kappa shape index (κ1) is 27.4. The molecule has 0 unspecified atom stereocenters. The van der Waals surface area contributed by atoms with Crippen LogP contribution in [0.4, 0.5) is 33.3 Å². The van der Waals surface area contributed by atoms with Crippen molar-refractivity contribution in [1.29, 1.82) is 0 Å². The van der Waals surface area contributed by atoms with Crippen LogP contribution in [0.25, 0.3) is 10.9 Å². The molecule has 0 aliphatic rings. The maximum Gasteiger partial charge on any atom is 0.416 e. The molecule has 36 heavy (non-hydrogen) atoms. The van der Waals surface area contributed by atoms with E-state index in [0.717, 1.165) is 22.2 Å². The molecule has 4 rings (SSSR count). The first-order chi connectivity index (χ1) is 16.4. The predicted octanol–water partition coefficient (Wildman–Crippen LogP) is 6.37. The number of aryl methyl sites for hydroxylation is 1. The van der Waals surface area contributed by atoms with E-state index in [2.05, 4.69) is 10.6 Å². The van der Waals surface area contributed by atoms with Gasteiger partial charge < -0.3 is 10.6 Å². The standard InChI is InChI=1S/C24H20F5N3O2S.ClH/c1-14-6-9-20(23(26)22(14)25)31-17-7-8-19-15(12-30-2)13-32(21(19)11-17)35(33,34)18-5-3-4-16(10-18)24(27,28)29;/h3-11,13,30-31H,12H2,1-2H3;1H. The number of alkyl halides is 3. The third kappa shape index (κ3) is 5.04. The second-order valence-corrected chi connectivity index (χ2v) is 9.74. The minimum absolute atomic E-state index is 0. The van der Waals surface area contributed by atoms with Gasteiger partial charge in [-0.3, -0.25) is 0 Å². The summed E-state index contributed by atoms with van der Waals surface area (Å²) in [7, 11) is -2.77. The van der Waals surface area contributed by atoms with E-state index in [1.54, 1.807) is 19.2 Å². The Bertz CT molecular complexity index is 1540. The minimum atomic E-state index is -4.72. The number of nitrogens with one attached hydrogen (secondary N) is 2. The molecule has 3 aromatic carbocycles. The van der Waals surface area contributed by atoms with Gasteiger partial charge in [0.05, 0.1) is 21.7 Å². The van der Waals surface area contributed by atoms with Gasteiger partial charge in [-0.25, -0.2) is 21.2 Å². The molecule has 192 valence electrons. The number of halogens is 6. The molecule has 0 saturated carbocycles. The first-order valence-electron chi connectivity index (χ1n) is 10.4. The second-order valence-electron chi connectivity index (χ2n) is 7.93. The first-order valence-corrected chi connectivity index (χ1v) is 11.8. The van der Waals surface area contributed by atoms with Crippen LogP contribution in [-0.4, -0.2) is 19.4 Å².